The van der Waals surface area contributed by atoms with Crippen LogP contribution in [0.5, 0.6) is 11.5 Å². The normalized spacial score (nSPS) is 10.4. The Morgan fingerprint density at radius 1 is 0.688 bits per heavy atom. The van der Waals surface area contributed by atoms with Gasteiger partial charge in [0.15, 0.2) is 0 Å². The highest BCUT2D eigenvalue weighted by molar-refractivity contribution is 8.28. The SMILES string of the molecule is C.CB(SCCN)c1ccc(Oc2ccc(B(SCCN)c3ccc(C)cc3)cc2)cc1. The van der Waals surface area contributed by atoms with E-state index in [1.807, 2.05) is 47.5 Å². The summed E-state index contributed by atoms with van der Waals surface area (Å²) < 4.78 is 6.08. The predicted molar refractivity (Wildman–Crippen MR) is 150 cm³/mol. The van der Waals surface area contributed by atoms with Gasteiger partial charge in [0.25, 0.3) is 5.99 Å². The number of benzene rings is 3. The zero-order chi connectivity index (χ0) is 22.1. The van der Waals surface area contributed by atoms with E-state index in [9.17, 15) is 0 Å². The van der Waals surface area contributed by atoms with Gasteiger partial charge in [-0.25, -0.2) is 11.6 Å². The van der Waals surface area contributed by atoms with Crippen molar-refractivity contribution < 1.29 is 4.74 Å². The Morgan fingerprint density at radius 2 is 1.12 bits per heavy atom. The summed E-state index contributed by atoms with van der Waals surface area (Å²) in [5.41, 5.74) is 16.5. The van der Waals surface area contributed by atoms with Crippen molar-refractivity contribution in [1.82, 2.24) is 0 Å². The van der Waals surface area contributed by atoms with Crippen LogP contribution >= 0.6 is 23.2 Å². The highest BCUT2D eigenvalue weighted by Crippen LogP contribution is 2.21. The van der Waals surface area contributed by atoms with Crippen molar-refractivity contribution in [3.8, 4) is 11.5 Å². The number of ether oxygens (including phenoxy) is 1. The molecule has 0 unspecified atom stereocenters. The van der Waals surface area contributed by atoms with Crippen LogP contribution in [-0.2, 0) is 0 Å². The van der Waals surface area contributed by atoms with E-state index >= 15 is 0 Å². The van der Waals surface area contributed by atoms with Gasteiger partial charge >= 0.3 is 0 Å². The van der Waals surface area contributed by atoms with Gasteiger partial charge in [0.05, 0.1) is 0 Å². The molecule has 0 aliphatic rings. The molecule has 0 radical (unpaired) electrons. The summed E-state index contributed by atoms with van der Waals surface area (Å²) in [6.45, 7) is 5.71. The monoisotopic (exact) mass is 464 g/mol. The van der Waals surface area contributed by atoms with E-state index < -0.39 is 0 Å². The quantitative estimate of drug-likeness (QED) is 0.424. The molecule has 0 saturated heterocycles. The first-order chi connectivity index (χ1) is 15.1. The Labute approximate surface area is 203 Å². The molecule has 3 aromatic carbocycles. The van der Waals surface area contributed by atoms with E-state index in [4.69, 9.17) is 16.2 Å². The zero-order valence-corrected chi connectivity index (χ0v) is 19.9. The molecule has 32 heavy (non-hydrogen) atoms. The summed E-state index contributed by atoms with van der Waals surface area (Å²) in [6.07, 6.45) is 0. The van der Waals surface area contributed by atoms with E-state index in [1.165, 1.54) is 22.0 Å². The highest BCUT2D eigenvalue weighted by Gasteiger charge is 2.19. The number of aryl methyl sites for hydroxylation is 1. The molecule has 3 rings (SSSR count). The predicted octanol–water partition coefficient (Wildman–Crippen LogP) is 3.74. The second-order valence-corrected chi connectivity index (χ2v) is 10.2. The lowest BCUT2D eigenvalue weighted by Gasteiger charge is -2.15. The van der Waals surface area contributed by atoms with Gasteiger partial charge in [0.2, 0.25) is 5.99 Å². The summed E-state index contributed by atoms with van der Waals surface area (Å²) >= 11 is 3.75. The fraction of sp³-hybridized carbons (Fsp3) is 0.280. The van der Waals surface area contributed by atoms with Crippen LogP contribution in [0.1, 0.15) is 13.0 Å². The summed E-state index contributed by atoms with van der Waals surface area (Å²) in [5.74, 6) is 4.28. The fourth-order valence-electron chi connectivity index (χ4n) is 3.31. The van der Waals surface area contributed by atoms with Gasteiger partial charge in [-0.15, -0.1) is 0 Å². The van der Waals surface area contributed by atoms with Crippen molar-refractivity contribution in [2.45, 2.75) is 21.2 Å². The van der Waals surface area contributed by atoms with Crippen molar-refractivity contribution in [1.29, 1.82) is 0 Å². The molecule has 7 heteroatoms. The standard InChI is InChI=1S/C24H30B2N2OS2.CH4/c1-19-3-5-21(6-4-19)26(31-18-16-28)22-9-13-24(14-10-22)29-23-11-7-20(8-12-23)25(2)30-17-15-27;/h3-14H,15-18,27-28H2,1-2H3;1H4. The second kappa shape index (κ2) is 13.7. The third kappa shape index (κ3) is 7.66. The molecular formula is C25H34B2N2OS2. The Balaban J connectivity index is 0.00000363. The topological polar surface area (TPSA) is 61.3 Å². The molecular weight excluding hydrogens is 430 g/mol. The zero-order valence-electron chi connectivity index (χ0n) is 18.3. The molecule has 0 atom stereocenters. The van der Waals surface area contributed by atoms with Gasteiger partial charge in [-0.3, -0.25) is 0 Å². The molecule has 0 spiro atoms. The van der Waals surface area contributed by atoms with E-state index in [2.05, 4.69) is 62.3 Å². The maximum Gasteiger partial charge on any atom is 0.274 e. The van der Waals surface area contributed by atoms with Crippen LogP contribution < -0.4 is 32.6 Å². The molecule has 0 saturated carbocycles. The minimum atomic E-state index is 0. The summed E-state index contributed by atoms with van der Waals surface area (Å²) in [4.78, 5) is 0. The first-order valence-electron chi connectivity index (χ1n) is 10.7. The smallest absolute Gasteiger partial charge is 0.274 e. The molecule has 0 aliphatic heterocycles. The van der Waals surface area contributed by atoms with E-state index in [0.717, 1.165) is 23.0 Å². The van der Waals surface area contributed by atoms with Crippen LogP contribution in [-0.4, -0.2) is 36.6 Å². The Bertz CT molecular complexity index is 922. The van der Waals surface area contributed by atoms with Gasteiger partial charge in [0.1, 0.15) is 11.5 Å². The molecule has 0 amide bonds. The van der Waals surface area contributed by atoms with Crippen molar-refractivity contribution in [3.05, 3.63) is 78.4 Å². The first kappa shape index (κ1) is 26.5. The van der Waals surface area contributed by atoms with Crippen molar-refractivity contribution in [3.63, 3.8) is 0 Å². The van der Waals surface area contributed by atoms with Crippen molar-refractivity contribution in [2.75, 3.05) is 24.6 Å². The summed E-state index contributed by atoms with van der Waals surface area (Å²) in [6, 6.07) is 25.5. The lowest BCUT2D eigenvalue weighted by atomic mass is 9.62. The molecule has 0 aromatic heterocycles. The van der Waals surface area contributed by atoms with E-state index in [1.54, 1.807) is 0 Å². The number of rotatable bonds is 11. The Kier molecular flexibility index (Phi) is 11.3. The number of hydrogen-bond donors (Lipinski definition) is 2. The molecule has 0 heterocycles. The Morgan fingerprint density at radius 3 is 1.62 bits per heavy atom. The van der Waals surface area contributed by atoms with Gasteiger partial charge < -0.3 is 16.2 Å². The van der Waals surface area contributed by atoms with Crippen LogP contribution in [0, 0.1) is 6.92 Å². The average molecular weight is 464 g/mol. The summed E-state index contributed by atoms with van der Waals surface area (Å²) in [7, 11) is 0. The summed E-state index contributed by atoms with van der Waals surface area (Å²) in [5, 5.41) is 0. The Hall–Kier alpha value is -1.79. The van der Waals surface area contributed by atoms with Crippen LogP contribution in [0.15, 0.2) is 72.8 Å². The molecule has 4 N–H and O–H groups in total. The lowest BCUT2D eigenvalue weighted by molar-refractivity contribution is 0.483. The van der Waals surface area contributed by atoms with Crippen LogP contribution in [0.25, 0.3) is 0 Å². The van der Waals surface area contributed by atoms with E-state index in [0.29, 0.717) is 19.1 Å². The molecule has 0 bridgehead atoms. The first-order valence-corrected chi connectivity index (χ1v) is 12.8. The third-order valence-corrected chi connectivity index (χ3v) is 7.63. The molecule has 168 valence electrons. The van der Waals surface area contributed by atoms with Crippen molar-refractivity contribution >= 4 is 51.6 Å². The van der Waals surface area contributed by atoms with Gasteiger partial charge in [-0.05, 0) is 42.7 Å². The number of nitrogens with two attached hydrogens (primary N) is 2. The van der Waals surface area contributed by atoms with E-state index in [-0.39, 0.29) is 13.4 Å². The third-order valence-electron chi connectivity index (χ3n) is 5.04. The molecule has 0 fully saturated rings. The maximum absolute atomic E-state index is 6.08. The largest absolute Gasteiger partial charge is 0.457 e. The highest BCUT2D eigenvalue weighted by atomic mass is 32.2. The molecule has 3 aromatic rings. The minimum Gasteiger partial charge on any atom is -0.457 e. The van der Waals surface area contributed by atoms with Gasteiger partial charge in [-0.2, -0.15) is 11.6 Å². The van der Waals surface area contributed by atoms with Crippen LogP contribution in [0.4, 0.5) is 0 Å². The maximum atomic E-state index is 6.08. The van der Waals surface area contributed by atoms with Gasteiger partial charge in [-0.1, -0.05) is 84.7 Å². The van der Waals surface area contributed by atoms with Crippen LogP contribution in [0.3, 0.4) is 0 Å². The molecule has 0 aliphatic carbocycles. The minimum absolute atomic E-state index is 0. The van der Waals surface area contributed by atoms with Crippen molar-refractivity contribution in [2.24, 2.45) is 11.5 Å². The second-order valence-electron chi connectivity index (χ2n) is 7.49. The molecule has 3 nitrogen and oxygen atoms in total. The average Bonchev–Trinajstić information content (AvgIpc) is 2.80. The fourth-order valence-corrected chi connectivity index (χ4v) is 5.22. The number of hydrogen-bond acceptors (Lipinski definition) is 5. The lowest BCUT2D eigenvalue weighted by Crippen LogP contribution is -2.40. The van der Waals surface area contributed by atoms with Crippen LogP contribution in [0.2, 0.25) is 6.82 Å². The van der Waals surface area contributed by atoms with Gasteiger partial charge in [0, 0.05) is 13.1 Å².